The third-order valence-electron chi connectivity index (χ3n) is 2.57. The molecule has 0 saturated heterocycles. The summed E-state index contributed by atoms with van der Waals surface area (Å²) in [6, 6.07) is 0. The van der Waals surface area contributed by atoms with Crippen molar-refractivity contribution in [2.45, 2.75) is 13.8 Å². The van der Waals surface area contributed by atoms with Crippen LogP contribution < -0.4 is 9.64 Å². The van der Waals surface area contributed by atoms with Crippen LogP contribution in [0.25, 0.3) is 0 Å². The summed E-state index contributed by atoms with van der Waals surface area (Å²) in [5.41, 5.74) is 1.43. The van der Waals surface area contributed by atoms with Gasteiger partial charge in [0.1, 0.15) is 5.82 Å². The van der Waals surface area contributed by atoms with Crippen LogP contribution in [0, 0.1) is 13.0 Å². The van der Waals surface area contributed by atoms with Crippen LogP contribution >= 0.6 is 0 Å². The highest BCUT2D eigenvalue weighted by atomic mass is 19.1. The highest BCUT2D eigenvalue weighted by molar-refractivity contribution is 5.56. The molecule has 0 aromatic carbocycles. The molecule has 4 nitrogen and oxygen atoms in total. The van der Waals surface area contributed by atoms with E-state index in [1.807, 2.05) is 19.1 Å². The van der Waals surface area contributed by atoms with E-state index in [1.165, 1.54) is 6.26 Å². The lowest BCUT2D eigenvalue weighted by molar-refractivity contribution is 0.431. The molecule has 5 heteroatoms. The predicted molar refractivity (Wildman–Crippen MR) is 79.0 cm³/mol. The molecule has 0 aliphatic rings. The molecule has 106 valence electrons. The Morgan fingerprint density at radius 2 is 2.05 bits per heavy atom. The lowest BCUT2D eigenvalue weighted by Gasteiger charge is -2.21. The van der Waals surface area contributed by atoms with Crippen molar-refractivity contribution >= 4 is 5.82 Å². The molecule has 0 fully saturated rings. The van der Waals surface area contributed by atoms with E-state index in [4.69, 9.17) is 4.74 Å². The molecule has 1 aromatic rings. The molecular weight excluding hydrogens is 257 g/mol. The SMILES string of the molecule is C=C/C=C(\C=C/C)N(C)c1nc(F)nc(OC=C)c1C. The van der Waals surface area contributed by atoms with E-state index < -0.39 is 6.08 Å². The minimum Gasteiger partial charge on any atom is -0.447 e. The molecule has 1 aromatic heterocycles. The maximum Gasteiger partial charge on any atom is 0.313 e. The van der Waals surface area contributed by atoms with E-state index in [0.29, 0.717) is 11.4 Å². The van der Waals surface area contributed by atoms with Gasteiger partial charge in [0.2, 0.25) is 5.88 Å². The van der Waals surface area contributed by atoms with E-state index in [1.54, 1.807) is 31.0 Å². The molecular formula is C15H18FN3O. The summed E-state index contributed by atoms with van der Waals surface area (Å²) in [4.78, 5) is 9.16. The Hall–Kier alpha value is -2.43. The summed E-state index contributed by atoms with van der Waals surface area (Å²) in [6.45, 7) is 10.8. The normalized spacial score (nSPS) is 11.5. The number of halogens is 1. The van der Waals surface area contributed by atoms with Gasteiger partial charge < -0.3 is 9.64 Å². The smallest absolute Gasteiger partial charge is 0.313 e. The van der Waals surface area contributed by atoms with Crippen molar-refractivity contribution in [2.75, 3.05) is 11.9 Å². The van der Waals surface area contributed by atoms with Crippen LogP contribution in [0.1, 0.15) is 12.5 Å². The Balaban J connectivity index is 3.33. The number of nitrogens with zero attached hydrogens (tertiary/aromatic N) is 3. The molecule has 0 spiro atoms. The number of hydrogen-bond acceptors (Lipinski definition) is 4. The Morgan fingerprint density at radius 3 is 2.60 bits per heavy atom. The second kappa shape index (κ2) is 7.23. The van der Waals surface area contributed by atoms with Crippen molar-refractivity contribution < 1.29 is 9.13 Å². The molecule has 0 bridgehead atoms. The van der Waals surface area contributed by atoms with E-state index in [2.05, 4.69) is 23.1 Å². The summed E-state index contributed by atoms with van der Waals surface area (Å²) in [5.74, 6) is 0.563. The first-order valence-electron chi connectivity index (χ1n) is 6.06. The molecule has 0 atom stereocenters. The van der Waals surface area contributed by atoms with Gasteiger partial charge in [0, 0.05) is 12.7 Å². The summed E-state index contributed by atoms with van der Waals surface area (Å²) in [5, 5.41) is 0. The summed E-state index contributed by atoms with van der Waals surface area (Å²) in [6.07, 6.45) is 7.54. The molecule has 0 aliphatic heterocycles. The van der Waals surface area contributed by atoms with Crippen LogP contribution in [-0.2, 0) is 0 Å². The van der Waals surface area contributed by atoms with Gasteiger partial charge in [-0.3, -0.25) is 0 Å². The van der Waals surface area contributed by atoms with Crippen LogP contribution in [0.2, 0.25) is 0 Å². The first-order valence-corrected chi connectivity index (χ1v) is 6.06. The number of rotatable bonds is 6. The van der Waals surface area contributed by atoms with Crippen LogP contribution in [0.15, 0.2) is 49.4 Å². The molecule has 20 heavy (non-hydrogen) atoms. The fraction of sp³-hybridized carbons (Fsp3) is 0.200. The van der Waals surface area contributed by atoms with Gasteiger partial charge in [-0.15, -0.1) is 0 Å². The van der Waals surface area contributed by atoms with Crippen molar-refractivity contribution in [3.05, 3.63) is 61.1 Å². The first-order chi connectivity index (χ1) is 9.54. The zero-order valence-corrected chi connectivity index (χ0v) is 11.9. The number of ether oxygens (including phenoxy) is 1. The predicted octanol–water partition coefficient (Wildman–Crippen LogP) is 3.53. The van der Waals surface area contributed by atoms with Crippen molar-refractivity contribution in [1.82, 2.24) is 9.97 Å². The third-order valence-corrected chi connectivity index (χ3v) is 2.57. The highest BCUT2D eigenvalue weighted by Crippen LogP contribution is 2.26. The largest absolute Gasteiger partial charge is 0.447 e. The number of hydrogen-bond donors (Lipinski definition) is 0. The Kier molecular flexibility index (Phi) is 5.65. The molecule has 1 heterocycles. The van der Waals surface area contributed by atoms with Gasteiger partial charge >= 0.3 is 6.08 Å². The van der Waals surface area contributed by atoms with Crippen LogP contribution in [0.5, 0.6) is 5.88 Å². The van der Waals surface area contributed by atoms with E-state index in [9.17, 15) is 4.39 Å². The average Bonchev–Trinajstić information content (AvgIpc) is 2.42. The van der Waals surface area contributed by atoms with Crippen LogP contribution in [0.3, 0.4) is 0 Å². The fourth-order valence-corrected chi connectivity index (χ4v) is 1.67. The van der Waals surface area contributed by atoms with Crippen molar-refractivity contribution in [3.63, 3.8) is 0 Å². The number of likely N-dealkylation sites (N-methyl/N-ethyl adjacent to an activating group) is 1. The van der Waals surface area contributed by atoms with E-state index in [-0.39, 0.29) is 5.88 Å². The molecule has 0 N–H and O–H groups in total. The summed E-state index contributed by atoms with van der Waals surface area (Å²) < 4.78 is 18.6. The maximum atomic E-state index is 13.5. The van der Waals surface area contributed by atoms with Crippen molar-refractivity contribution in [1.29, 1.82) is 0 Å². The fourth-order valence-electron chi connectivity index (χ4n) is 1.67. The molecule has 0 amide bonds. The molecule has 0 aliphatic carbocycles. The van der Waals surface area contributed by atoms with Crippen molar-refractivity contribution in [2.24, 2.45) is 0 Å². The zero-order valence-electron chi connectivity index (χ0n) is 11.9. The van der Waals surface area contributed by atoms with Gasteiger partial charge in [0.25, 0.3) is 0 Å². The lowest BCUT2D eigenvalue weighted by atomic mass is 10.2. The Labute approximate surface area is 118 Å². The summed E-state index contributed by atoms with van der Waals surface area (Å²) >= 11 is 0. The Bertz CT molecular complexity index is 564. The number of allylic oxidation sites excluding steroid dienone is 4. The Morgan fingerprint density at radius 1 is 1.35 bits per heavy atom. The molecule has 1 rings (SSSR count). The van der Waals surface area contributed by atoms with E-state index in [0.717, 1.165) is 5.70 Å². The minimum atomic E-state index is -0.854. The maximum absolute atomic E-state index is 13.5. The van der Waals surface area contributed by atoms with Gasteiger partial charge in [0.05, 0.1) is 11.8 Å². The first kappa shape index (κ1) is 15.6. The average molecular weight is 275 g/mol. The van der Waals surface area contributed by atoms with Gasteiger partial charge in [0.15, 0.2) is 0 Å². The second-order valence-corrected chi connectivity index (χ2v) is 3.92. The summed E-state index contributed by atoms with van der Waals surface area (Å²) in [7, 11) is 1.78. The number of aromatic nitrogens is 2. The standard InChI is InChI=1S/C15H18FN3O/c1-6-9-12(10-7-2)19(5)13-11(4)14(20-8-3)18-15(16)17-13/h6-10H,1,3H2,2,4-5H3/b10-7-,12-9+. The van der Waals surface area contributed by atoms with Crippen molar-refractivity contribution in [3.8, 4) is 5.88 Å². The second-order valence-electron chi connectivity index (χ2n) is 3.92. The van der Waals surface area contributed by atoms with Gasteiger partial charge in [-0.25, -0.2) is 0 Å². The van der Waals surface area contributed by atoms with Gasteiger partial charge in [-0.1, -0.05) is 25.3 Å². The molecule has 0 unspecified atom stereocenters. The topological polar surface area (TPSA) is 38.2 Å². The van der Waals surface area contributed by atoms with Gasteiger partial charge in [-0.2, -0.15) is 14.4 Å². The third kappa shape index (κ3) is 3.54. The number of anilines is 1. The highest BCUT2D eigenvalue weighted by Gasteiger charge is 2.16. The lowest BCUT2D eigenvalue weighted by Crippen LogP contribution is -2.19. The molecule has 0 radical (unpaired) electrons. The van der Waals surface area contributed by atoms with Crippen LogP contribution in [-0.4, -0.2) is 17.0 Å². The van der Waals surface area contributed by atoms with Crippen LogP contribution in [0.4, 0.5) is 10.2 Å². The monoisotopic (exact) mass is 275 g/mol. The zero-order chi connectivity index (χ0) is 15.1. The van der Waals surface area contributed by atoms with E-state index >= 15 is 0 Å². The van der Waals surface area contributed by atoms with Gasteiger partial charge in [-0.05, 0) is 26.0 Å². The quantitative estimate of drug-likeness (QED) is 0.452. The minimum absolute atomic E-state index is 0.146. The molecule has 0 saturated carbocycles.